The molecule has 0 bridgehead atoms. The summed E-state index contributed by atoms with van der Waals surface area (Å²) in [6.07, 6.45) is 1.74. The predicted octanol–water partition coefficient (Wildman–Crippen LogP) is 1.52. The summed E-state index contributed by atoms with van der Waals surface area (Å²) >= 11 is 1.30. The highest BCUT2D eigenvalue weighted by Gasteiger charge is 2.16. The van der Waals surface area contributed by atoms with Crippen LogP contribution in [0.25, 0.3) is 10.9 Å². The second-order valence-electron chi connectivity index (χ2n) is 5.73. The van der Waals surface area contributed by atoms with Gasteiger partial charge < -0.3 is 4.74 Å². The Morgan fingerprint density at radius 2 is 2.28 bits per heavy atom. The monoisotopic (exact) mass is 357 g/mol. The number of aryl methyl sites for hydroxylation is 2. The molecule has 0 unspecified atom stereocenters. The number of hydrogen-bond acceptors (Lipinski definition) is 7. The third-order valence-corrected chi connectivity index (χ3v) is 4.68. The van der Waals surface area contributed by atoms with Crippen molar-refractivity contribution in [1.82, 2.24) is 19.7 Å². The molecule has 4 rings (SSSR count). The van der Waals surface area contributed by atoms with E-state index in [4.69, 9.17) is 4.74 Å². The number of fused-ring (bicyclic) bond motifs is 2. The number of amides is 1. The summed E-state index contributed by atoms with van der Waals surface area (Å²) in [7, 11) is 0. The van der Waals surface area contributed by atoms with E-state index in [1.54, 1.807) is 22.8 Å². The van der Waals surface area contributed by atoms with E-state index in [1.807, 2.05) is 6.92 Å². The molecule has 25 heavy (non-hydrogen) atoms. The van der Waals surface area contributed by atoms with E-state index < -0.39 is 0 Å². The Morgan fingerprint density at radius 3 is 3.08 bits per heavy atom. The Balaban J connectivity index is 1.49. The quantitative estimate of drug-likeness (QED) is 0.760. The topological polar surface area (TPSA) is 99.0 Å². The lowest BCUT2D eigenvalue weighted by Crippen LogP contribution is -2.21. The summed E-state index contributed by atoms with van der Waals surface area (Å²) in [6.45, 7) is 2.37. The molecule has 2 aromatic heterocycles. The van der Waals surface area contributed by atoms with Gasteiger partial charge in [0.2, 0.25) is 5.13 Å². The number of ether oxygens (including phenoxy) is 1. The molecule has 1 aromatic carbocycles. The summed E-state index contributed by atoms with van der Waals surface area (Å²) in [6, 6.07) is 5.06. The van der Waals surface area contributed by atoms with Crippen LogP contribution in [-0.2, 0) is 17.8 Å². The van der Waals surface area contributed by atoms with E-state index >= 15 is 0 Å². The van der Waals surface area contributed by atoms with E-state index in [0.717, 1.165) is 30.2 Å². The predicted molar refractivity (Wildman–Crippen MR) is 93.1 cm³/mol. The standard InChI is InChI=1S/C16H15N5O3S/c1-9-19-20-16(25-9)18-14(22)8-24-10-4-5-11-12(7-10)17-13-3-2-6-21(13)15(11)23/h4-5,7H,2-3,6,8H2,1H3,(H,18,20,22). The van der Waals surface area contributed by atoms with Crippen molar-refractivity contribution < 1.29 is 9.53 Å². The molecule has 1 amide bonds. The van der Waals surface area contributed by atoms with Crippen molar-refractivity contribution in [2.75, 3.05) is 11.9 Å². The van der Waals surface area contributed by atoms with Crippen LogP contribution in [0.15, 0.2) is 23.0 Å². The Kier molecular flexibility index (Phi) is 3.92. The highest BCUT2D eigenvalue weighted by atomic mass is 32.1. The molecule has 0 saturated heterocycles. The van der Waals surface area contributed by atoms with Gasteiger partial charge in [-0.05, 0) is 25.5 Å². The molecule has 3 aromatic rings. The van der Waals surface area contributed by atoms with Crippen molar-refractivity contribution >= 4 is 33.3 Å². The van der Waals surface area contributed by atoms with Gasteiger partial charge in [-0.2, -0.15) is 0 Å². The van der Waals surface area contributed by atoms with Crippen LogP contribution in [0, 0.1) is 6.92 Å². The van der Waals surface area contributed by atoms with Crippen LogP contribution >= 0.6 is 11.3 Å². The number of carbonyl (C=O) groups excluding carboxylic acids is 1. The minimum Gasteiger partial charge on any atom is -0.484 e. The first-order valence-electron chi connectivity index (χ1n) is 7.86. The summed E-state index contributed by atoms with van der Waals surface area (Å²) in [5, 5.41) is 12.1. The fourth-order valence-electron chi connectivity index (χ4n) is 2.80. The summed E-state index contributed by atoms with van der Waals surface area (Å²) in [4.78, 5) is 28.8. The number of aromatic nitrogens is 4. The minimum atomic E-state index is -0.321. The molecule has 9 heteroatoms. The molecule has 1 aliphatic heterocycles. The van der Waals surface area contributed by atoms with E-state index in [9.17, 15) is 9.59 Å². The second-order valence-corrected chi connectivity index (χ2v) is 6.91. The van der Waals surface area contributed by atoms with Gasteiger partial charge in [-0.3, -0.25) is 19.5 Å². The number of nitrogens with zero attached hydrogens (tertiary/aromatic N) is 4. The number of carbonyl (C=O) groups is 1. The van der Waals surface area contributed by atoms with Crippen molar-refractivity contribution in [1.29, 1.82) is 0 Å². The Hall–Kier alpha value is -2.81. The molecule has 0 fully saturated rings. The summed E-state index contributed by atoms with van der Waals surface area (Å²) in [5.74, 6) is 0.975. The smallest absolute Gasteiger partial charge is 0.264 e. The number of nitrogens with one attached hydrogen (secondary N) is 1. The van der Waals surface area contributed by atoms with Crippen LogP contribution in [0.5, 0.6) is 5.75 Å². The van der Waals surface area contributed by atoms with Crippen molar-refractivity contribution in [2.24, 2.45) is 0 Å². The largest absolute Gasteiger partial charge is 0.484 e. The van der Waals surface area contributed by atoms with Gasteiger partial charge in [0.1, 0.15) is 16.6 Å². The Labute approximate surface area is 146 Å². The molecule has 1 aliphatic rings. The van der Waals surface area contributed by atoms with Crippen LogP contribution in [0.4, 0.5) is 5.13 Å². The second kappa shape index (κ2) is 6.25. The average molecular weight is 357 g/mol. The van der Waals surface area contributed by atoms with E-state index in [0.29, 0.717) is 21.8 Å². The van der Waals surface area contributed by atoms with Gasteiger partial charge in [-0.1, -0.05) is 11.3 Å². The fraction of sp³-hybridized carbons (Fsp3) is 0.312. The normalized spacial score (nSPS) is 13.0. The molecule has 8 nitrogen and oxygen atoms in total. The van der Waals surface area contributed by atoms with Crippen LogP contribution in [0.3, 0.4) is 0 Å². The first-order chi connectivity index (χ1) is 12.1. The molecule has 1 N–H and O–H groups in total. The molecule has 0 radical (unpaired) electrons. The Bertz CT molecular complexity index is 1030. The van der Waals surface area contributed by atoms with Gasteiger partial charge in [0.15, 0.2) is 6.61 Å². The van der Waals surface area contributed by atoms with E-state index in [-0.39, 0.29) is 18.1 Å². The van der Waals surface area contributed by atoms with Crippen LogP contribution in [0.2, 0.25) is 0 Å². The van der Waals surface area contributed by atoms with Crippen molar-refractivity contribution in [3.63, 3.8) is 0 Å². The van der Waals surface area contributed by atoms with Gasteiger partial charge in [0.05, 0.1) is 10.9 Å². The maximum absolute atomic E-state index is 12.4. The first-order valence-corrected chi connectivity index (χ1v) is 8.68. The maximum Gasteiger partial charge on any atom is 0.264 e. The van der Waals surface area contributed by atoms with Crippen molar-refractivity contribution in [3.8, 4) is 5.75 Å². The van der Waals surface area contributed by atoms with Crippen LogP contribution < -0.4 is 15.6 Å². The zero-order valence-corrected chi connectivity index (χ0v) is 14.3. The molecule has 0 spiro atoms. The molecule has 0 aliphatic carbocycles. The maximum atomic E-state index is 12.4. The number of hydrogen-bond donors (Lipinski definition) is 1. The van der Waals surface area contributed by atoms with Gasteiger partial charge >= 0.3 is 0 Å². The zero-order valence-electron chi connectivity index (χ0n) is 13.5. The lowest BCUT2D eigenvalue weighted by molar-refractivity contribution is -0.118. The number of anilines is 1. The minimum absolute atomic E-state index is 0.0200. The third kappa shape index (κ3) is 3.10. The molecule has 0 atom stereocenters. The molecular weight excluding hydrogens is 342 g/mol. The van der Waals surface area contributed by atoms with Gasteiger partial charge in [0.25, 0.3) is 11.5 Å². The first kappa shape index (κ1) is 15.7. The Morgan fingerprint density at radius 1 is 1.40 bits per heavy atom. The fourth-order valence-corrected chi connectivity index (χ4v) is 3.41. The van der Waals surface area contributed by atoms with Crippen molar-refractivity contribution in [2.45, 2.75) is 26.3 Å². The molecular formula is C16H15N5O3S. The average Bonchev–Trinajstić information content (AvgIpc) is 3.22. The highest BCUT2D eigenvalue weighted by Crippen LogP contribution is 2.20. The summed E-state index contributed by atoms with van der Waals surface area (Å²) < 4.78 is 7.23. The van der Waals surface area contributed by atoms with E-state index in [1.165, 1.54) is 11.3 Å². The summed E-state index contributed by atoms with van der Waals surface area (Å²) in [5.41, 5.74) is 0.573. The number of rotatable bonds is 4. The SMILES string of the molecule is Cc1nnc(NC(=O)COc2ccc3c(=O)n4c(nc3c2)CCC4)s1. The molecule has 3 heterocycles. The lowest BCUT2D eigenvalue weighted by atomic mass is 10.2. The lowest BCUT2D eigenvalue weighted by Gasteiger charge is -2.08. The zero-order chi connectivity index (χ0) is 17.4. The third-order valence-electron chi connectivity index (χ3n) is 3.93. The molecule has 0 saturated carbocycles. The van der Waals surface area contributed by atoms with Crippen LogP contribution in [-0.4, -0.2) is 32.3 Å². The van der Waals surface area contributed by atoms with Crippen molar-refractivity contribution in [3.05, 3.63) is 39.4 Å². The van der Waals surface area contributed by atoms with Gasteiger partial charge in [-0.25, -0.2) is 4.98 Å². The van der Waals surface area contributed by atoms with Gasteiger partial charge in [-0.15, -0.1) is 10.2 Å². The van der Waals surface area contributed by atoms with Gasteiger partial charge in [0, 0.05) is 19.0 Å². The number of benzene rings is 1. The van der Waals surface area contributed by atoms with Crippen LogP contribution in [0.1, 0.15) is 17.3 Å². The molecule has 128 valence electrons. The highest BCUT2D eigenvalue weighted by molar-refractivity contribution is 7.15. The van der Waals surface area contributed by atoms with E-state index in [2.05, 4.69) is 20.5 Å².